The molecule has 1 atom stereocenters. The molecule has 0 aliphatic rings. The summed E-state index contributed by atoms with van der Waals surface area (Å²) in [6.07, 6.45) is 0.163. The van der Waals surface area contributed by atoms with Gasteiger partial charge in [0, 0.05) is 13.5 Å². The van der Waals surface area contributed by atoms with Crippen LogP contribution in [0.4, 0.5) is 0 Å². The number of ether oxygens (including phenoxy) is 1. The van der Waals surface area contributed by atoms with Crippen LogP contribution in [0.25, 0.3) is 10.8 Å². The molecule has 0 radical (unpaired) electrons. The van der Waals surface area contributed by atoms with Gasteiger partial charge in [-0.25, -0.2) is 0 Å². The van der Waals surface area contributed by atoms with Crippen molar-refractivity contribution in [2.45, 2.75) is 12.5 Å². The molecule has 0 saturated heterocycles. The highest BCUT2D eigenvalue weighted by Crippen LogP contribution is 2.24. The van der Waals surface area contributed by atoms with Crippen LogP contribution in [0.5, 0.6) is 0 Å². The van der Waals surface area contributed by atoms with E-state index in [1.165, 1.54) is 5.39 Å². The number of methoxy groups -OCH3 is 1. The van der Waals surface area contributed by atoms with E-state index in [1.807, 2.05) is 24.3 Å². The average Bonchev–Trinajstić information content (AvgIpc) is 2.44. The molecule has 0 amide bonds. The molecular formula is C14H16N2O2. The summed E-state index contributed by atoms with van der Waals surface area (Å²) in [5, 5.41) is 13.9. The zero-order valence-corrected chi connectivity index (χ0v) is 10.2. The quantitative estimate of drug-likeness (QED) is 0.376. The summed E-state index contributed by atoms with van der Waals surface area (Å²) in [4.78, 5) is 0. The molecule has 4 nitrogen and oxygen atoms in total. The lowest BCUT2D eigenvalue weighted by Crippen LogP contribution is -2.17. The van der Waals surface area contributed by atoms with Crippen LogP contribution in [-0.4, -0.2) is 18.2 Å². The largest absolute Gasteiger partial charge is 0.409 e. The van der Waals surface area contributed by atoms with Gasteiger partial charge in [0.05, 0.1) is 6.10 Å². The minimum Gasteiger partial charge on any atom is -0.409 e. The van der Waals surface area contributed by atoms with E-state index in [4.69, 9.17) is 15.7 Å². The maximum absolute atomic E-state index is 8.61. The lowest BCUT2D eigenvalue weighted by atomic mass is 10.0. The van der Waals surface area contributed by atoms with Crippen molar-refractivity contribution in [2.24, 2.45) is 10.9 Å². The summed E-state index contributed by atoms with van der Waals surface area (Å²) in [6, 6.07) is 14.2. The molecule has 0 aromatic heterocycles. The molecule has 2 aromatic carbocycles. The molecule has 2 rings (SSSR count). The first-order valence-corrected chi connectivity index (χ1v) is 5.72. The normalized spacial score (nSPS) is 13.7. The van der Waals surface area contributed by atoms with Crippen LogP contribution in [0.2, 0.25) is 0 Å². The molecule has 0 aliphatic heterocycles. The Morgan fingerprint density at radius 1 is 1.28 bits per heavy atom. The Labute approximate surface area is 106 Å². The second-order valence-corrected chi connectivity index (χ2v) is 4.13. The number of benzene rings is 2. The molecular weight excluding hydrogens is 228 g/mol. The number of nitrogens with two attached hydrogens (primary N) is 1. The van der Waals surface area contributed by atoms with Gasteiger partial charge in [-0.3, -0.25) is 0 Å². The van der Waals surface area contributed by atoms with E-state index in [1.54, 1.807) is 7.11 Å². The molecule has 0 aliphatic carbocycles. The lowest BCUT2D eigenvalue weighted by Gasteiger charge is -2.15. The Hall–Kier alpha value is -2.07. The number of hydrogen-bond donors (Lipinski definition) is 2. The zero-order chi connectivity index (χ0) is 13.0. The van der Waals surface area contributed by atoms with Gasteiger partial charge in [-0.15, -0.1) is 0 Å². The number of fused-ring (bicyclic) bond motifs is 1. The van der Waals surface area contributed by atoms with Gasteiger partial charge in [-0.1, -0.05) is 41.6 Å². The van der Waals surface area contributed by atoms with Crippen LogP contribution in [0, 0.1) is 0 Å². The SMILES string of the molecule is CO[C@@H](C/C(N)=N\O)c1ccc2ccccc2c1. The third kappa shape index (κ3) is 2.60. The highest BCUT2D eigenvalue weighted by Gasteiger charge is 2.13. The molecule has 18 heavy (non-hydrogen) atoms. The molecule has 2 aromatic rings. The van der Waals surface area contributed by atoms with Crippen LogP contribution < -0.4 is 5.73 Å². The lowest BCUT2D eigenvalue weighted by molar-refractivity contribution is 0.108. The van der Waals surface area contributed by atoms with Crippen molar-refractivity contribution < 1.29 is 9.94 Å². The van der Waals surface area contributed by atoms with Crippen LogP contribution in [-0.2, 0) is 4.74 Å². The summed E-state index contributed by atoms with van der Waals surface area (Å²) < 4.78 is 5.39. The van der Waals surface area contributed by atoms with Gasteiger partial charge >= 0.3 is 0 Å². The number of hydrogen-bond acceptors (Lipinski definition) is 3. The molecule has 0 fully saturated rings. The highest BCUT2D eigenvalue weighted by molar-refractivity contribution is 5.84. The first-order valence-electron chi connectivity index (χ1n) is 5.72. The van der Waals surface area contributed by atoms with E-state index in [9.17, 15) is 0 Å². The van der Waals surface area contributed by atoms with Crippen LogP contribution in [0.15, 0.2) is 47.6 Å². The summed E-state index contributed by atoms with van der Waals surface area (Å²) >= 11 is 0. The van der Waals surface area contributed by atoms with Crippen molar-refractivity contribution >= 4 is 16.6 Å². The number of rotatable bonds is 4. The monoisotopic (exact) mass is 244 g/mol. The van der Waals surface area contributed by atoms with E-state index in [0.717, 1.165) is 10.9 Å². The Bertz CT molecular complexity index is 566. The Balaban J connectivity index is 2.33. The van der Waals surface area contributed by atoms with E-state index >= 15 is 0 Å². The fraction of sp³-hybridized carbons (Fsp3) is 0.214. The van der Waals surface area contributed by atoms with Gasteiger partial charge in [-0.2, -0.15) is 0 Å². The fourth-order valence-electron chi connectivity index (χ4n) is 1.98. The Morgan fingerprint density at radius 3 is 2.67 bits per heavy atom. The Kier molecular flexibility index (Phi) is 3.79. The van der Waals surface area contributed by atoms with Crippen molar-refractivity contribution in [3.63, 3.8) is 0 Å². The van der Waals surface area contributed by atoms with Crippen molar-refractivity contribution in [3.05, 3.63) is 48.0 Å². The maximum atomic E-state index is 8.61. The topological polar surface area (TPSA) is 67.8 Å². The van der Waals surface area contributed by atoms with Crippen LogP contribution >= 0.6 is 0 Å². The van der Waals surface area contributed by atoms with Gasteiger partial charge < -0.3 is 15.7 Å². The smallest absolute Gasteiger partial charge is 0.142 e. The third-order valence-corrected chi connectivity index (χ3v) is 2.95. The van der Waals surface area contributed by atoms with E-state index in [0.29, 0.717) is 6.42 Å². The van der Waals surface area contributed by atoms with Gasteiger partial charge in [0.1, 0.15) is 5.84 Å². The van der Waals surface area contributed by atoms with E-state index in [2.05, 4.69) is 23.4 Å². The molecule has 0 unspecified atom stereocenters. The second-order valence-electron chi connectivity index (χ2n) is 4.13. The first kappa shape index (κ1) is 12.4. The average molecular weight is 244 g/mol. The standard InChI is InChI=1S/C14H16N2O2/c1-18-13(9-14(15)16-17)12-7-6-10-4-2-3-5-11(10)8-12/h2-8,13,17H,9H2,1H3,(H2,15,16)/t13-/m0/s1. The van der Waals surface area contributed by atoms with E-state index in [-0.39, 0.29) is 11.9 Å². The summed E-state index contributed by atoms with van der Waals surface area (Å²) in [5.41, 5.74) is 6.54. The van der Waals surface area contributed by atoms with Gasteiger partial charge in [0.15, 0.2) is 0 Å². The highest BCUT2D eigenvalue weighted by atomic mass is 16.5. The predicted molar refractivity (Wildman–Crippen MR) is 71.7 cm³/mol. The van der Waals surface area contributed by atoms with E-state index < -0.39 is 0 Å². The van der Waals surface area contributed by atoms with Crippen LogP contribution in [0.3, 0.4) is 0 Å². The molecule has 0 heterocycles. The number of amidine groups is 1. The van der Waals surface area contributed by atoms with Crippen LogP contribution in [0.1, 0.15) is 18.1 Å². The van der Waals surface area contributed by atoms with Crippen molar-refractivity contribution in [3.8, 4) is 0 Å². The van der Waals surface area contributed by atoms with Crippen molar-refractivity contribution in [2.75, 3.05) is 7.11 Å². The third-order valence-electron chi connectivity index (χ3n) is 2.95. The summed E-state index contributed by atoms with van der Waals surface area (Å²) in [6.45, 7) is 0. The molecule has 0 saturated carbocycles. The summed E-state index contributed by atoms with van der Waals surface area (Å²) in [7, 11) is 1.62. The van der Waals surface area contributed by atoms with Gasteiger partial charge in [-0.05, 0) is 22.4 Å². The second kappa shape index (κ2) is 5.51. The van der Waals surface area contributed by atoms with Crippen molar-refractivity contribution in [1.82, 2.24) is 0 Å². The minimum atomic E-state index is -0.203. The minimum absolute atomic E-state index is 0.162. The predicted octanol–water partition coefficient (Wildman–Crippen LogP) is 2.66. The van der Waals surface area contributed by atoms with Gasteiger partial charge in [0.2, 0.25) is 0 Å². The van der Waals surface area contributed by atoms with Gasteiger partial charge in [0.25, 0.3) is 0 Å². The molecule has 0 spiro atoms. The molecule has 0 bridgehead atoms. The molecule has 3 N–H and O–H groups in total. The molecule has 4 heteroatoms. The number of nitrogens with zero attached hydrogens (tertiary/aromatic N) is 1. The number of oxime groups is 1. The first-order chi connectivity index (χ1) is 8.74. The maximum Gasteiger partial charge on any atom is 0.142 e. The van der Waals surface area contributed by atoms with Crippen molar-refractivity contribution in [1.29, 1.82) is 0 Å². The Morgan fingerprint density at radius 2 is 2.00 bits per heavy atom. The zero-order valence-electron chi connectivity index (χ0n) is 10.2. The fourth-order valence-corrected chi connectivity index (χ4v) is 1.98. The molecule has 94 valence electrons. The summed E-state index contributed by atoms with van der Waals surface area (Å²) in [5.74, 6) is 0.162.